The van der Waals surface area contributed by atoms with Crippen molar-refractivity contribution in [3.63, 3.8) is 0 Å². The van der Waals surface area contributed by atoms with Crippen molar-refractivity contribution in [3.05, 3.63) is 85.4 Å². The van der Waals surface area contributed by atoms with Crippen LogP contribution in [-0.2, 0) is 0 Å². The Hall–Kier alpha value is -4.92. The minimum absolute atomic E-state index is 0.140. The van der Waals surface area contributed by atoms with Crippen molar-refractivity contribution >= 4 is 46.4 Å². The van der Waals surface area contributed by atoms with E-state index < -0.39 is 38.9 Å². The van der Waals surface area contributed by atoms with Crippen LogP contribution in [0.15, 0.2) is 49.1 Å². The molecule has 168 valence electrons. The van der Waals surface area contributed by atoms with Crippen LogP contribution >= 0.6 is 11.6 Å². The molecule has 2 aromatic heterocycles. The lowest BCUT2D eigenvalue weighted by Crippen LogP contribution is -2.32. The summed E-state index contributed by atoms with van der Waals surface area (Å²) < 4.78 is 0. The Morgan fingerprint density at radius 1 is 0.848 bits per heavy atom. The second-order valence-electron chi connectivity index (χ2n) is 5.99. The van der Waals surface area contributed by atoms with Gasteiger partial charge in [0.2, 0.25) is 11.6 Å². The summed E-state index contributed by atoms with van der Waals surface area (Å²) in [6, 6.07) is 6.18. The molecule has 4 N–H and O–H groups in total. The average Bonchev–Trinajstić information content (AvgIpc) is 2.81. The number of aromatic nitrogens is 3. The molecule has 3 aromatic rings. The van der Waals surface area contributed by atoms with Gasteiger partial charge < -0.3 is 0 Å². The first-order valence-electron chi connectivity index (χ1n) is 8.74. The number of nitro groups is 2. The first kappa shape index (κ1) is 22.8. The molecule has 15 nitrogen and oxygen atoms in total. The topological polar surface area (TPSA) is 207 Å². The maximum atomic E-state index is 12.3. The van der Waals surface area contributed by atoms with E-state index in [2.05, 4.69) is 36.7 Å². The lowest BCUT2D eigenvalue weighted by Gasteiger charge is -2.11. The number of carbonyl (C=O) groups excluding carboxylic acids is 2. The molecule has 2 amide bonds. The quantitative estimate of drug-likeness (QED) is 0.274. The molecule has 1 aromatic carbocycles. The maximum absolute atomic E-state index is 12.3. The van der Waals surface area contributed by atoms with E-state index in [1.54, 1.807) is 0 Å². The van der Waals surface area contributed by atoms with Crippen LogP contribution in [0.2, 0.25) is 5.02 Å². The van der Waals surface area contributed by atoms with E-state index in [0.29, 0.717) is 0 Å². The van der Waals surface area contributed by atoms with Crippen LogP contribution in [0, 0.1) is 20.2 Å². The van der Waals surface area contributed by atoms with E-state index in [-0.39, 0.29) is 22.0 Å². The van der Waals surface area contributed by atoms with Crippen molar-refractivity contribution in [1.82, 2.24) is 25.8 Å². The molecule has 3 rings (SSSR count). The average molecular weight is 474 g/mol. The van der Waals surface area contributed by atoms with Gasteiger partial charge in [0, 0.05) is 29.6 Å². The van der Waals surface area contributed by atoms with Gasteiger partial charge in [-0.1, -0.05) is 11.6 Å². The van der Waals surface area contributed by atoms with Gasteiger partial charge in [-0.05, 0) is 24.3 Å². The van der Waals surface area contributed by atoms with E-state index in [0.717, 1.165) is 18.5 Å². The number of hydrogen-bond donors (Lipinski definition) is 4. The van der Waals surface area contributed by atoms with Gasteiger partial charge in [0.25, 0.3) is 17.5 Å². The summed E-state index contributed by atoms with van der Waals surface area (Å²) >= 11 is 5.71. The minimum atomic E-state index is -0.858. The molecule has 0 atom stereocenters. The monoisotopic (exact) mass is 473 g/mol. The van der Waals surface area contributed by atoms with Crippen LogP contribution in [-0.4, -0.2) is 36.6 Å². The highest BCUT2D eigenvalue weighted by atomic mass is 35.5. The first-order valence-corrected chi connectivity index (χ1v) is 9.11. The summed E-state index contributed by atoms with van der Waals surface area (Å²) in [5, 5.41) is 22.4. The predicted octanol–water partition coefficient (Wildman–Crippen LogP) is 1.86. The standard InChI is InChI=1S/C17H12ClN9O6/c18-11-2-1-10(7-12(11)26(30)31)17(29)25-23-15-13(27(32)33)14(20-8-21-15)22-24-16(28)9-3-5-19-6-4-9/h1-8H,(H,24,28)(H,25,29)(H2,20,21,22,23). The normalized spacial score (nSPS) is 10.1. The molecule has 0 aliphatic heterocycles. The lowest BCUT2D eigenvalue weighted by molar-refractivity contribution is -0.384. The number of carbonyl (C=O) groups is 2. The molecule has 0 fully saturated rings. The zero-order chi connectivity index (χ0) is 24.0. The molecular formula is C17H12ClN9O6. The predicted molar refractivity (Wildman–Crippen MR) is 113 cm³/mol. The molecule has 0 saturated carbocycles. The van der Waals surface area contributed by atoms with Crippen molar-refractivity contribution in [2.75, 3.05) is 10.9 Å². The zero-order valence-corrected chi connectivity index (χ0v) is 16.9. The highest BCUT2D eigenvalue weighted by molar-refractivity contribution is 6.32. The highest BCUT2D eigenvalue weighted by Gasteiger charge is 2.24. The molecule has 33 heavy (non-hydrogen) atoms. The SMILES string of the molecule is O=C(NNc1ncnc(NNC(=O)c2ccc(Cl)c([N+](=O)[O-])c2)c1[N+](=O)[O-])c1ccncc1. The minimum Gasteiger partial charge on any atom is -0.276 e. The molecule has 0 bridgehead atoms. The van der Waals surface area contributed by atoms with Crippen LogP contribution in [0.3, 0.4) is 0 Å². The summed E-state index contributed by atoms with van der Waals surface area (Å²) in [6.45, 7) is 0. The molecule has 16 heteroatoms. The van der Waals surface area contributed by atoms with Crippen LogP contribution in [0.1, 0.15) is 20.7 Å². The number of rotatable bonds is 8. The zero-order valence-electron chi connectivity index (χ0n) is 16.2. The summed E-state index contributed by atoms with van der Waals surface area (Å²) in [4.78, 5) is 56.5. The second kappa shape index (κ2) is 9.92. The molecule has 0 unspecified atom stereocenters. The van der Waals surface area contributed by atoms with Crippen molar-refractivity contribution in [2.45, 2.75) is 0 Å². The van der Waals surface area contributed by atoms with Gasteiger partial charge in [0.05, 0.1) is 9.85 Å². The fourth-order valence-corrected chi connectivity index (χ4v) is 2.59. The third kappa shape index (κ3) is 5.42. The molecule has 0 aliphatic carbocycles. The number of halogens is 1. The summed E-state index contributed by atoms with van der Waals surface area (Å²) in [7, 11) is 0. The van der Waals surface area contributed by atoms with Gasteiger partial charge in [-0.3, -0.25) is 56.5 Å². The third-order valence-corrected chi connectivity index (χ3v) is 4.26. The van der Waals surface area contributed by atoms with Crippen LogP contribution in [0.4, 0.5) is 23.0 Å². The summed E-state index contributed by atoms with van der Waals surface area (Å²) in [5.41, 5.74) is 7.88. The van der Waals surface area contributed by atoms with Crippen molar-refractivity contribution in [2.24, 2.45) is 0 Å². The number of benzene rings is 1. The van der Waals surface area contributed by atoms with Gasteiger partial charge in [0.15, 0.2) is 0 Å². The number of nitrogens with one attached hydrogen (secondary N) is 4. The number of nitrogens with zero attached hydrogens (tertiary/aromatic N) is 5. The van der Waals surface area contributed by atoms with Gasteiger partial charge in [-0.15, -0.1) is 0 Å². The summed E-state index contributed by atoms with van der Waals surface area (Å²) in [5.74, 6) is -2.27. The Morgan fingerprint density at radius 2 is 1.42 bits per heavy atom. The molecule has 0 radical (unpaired) electrons. The number of nitro benzene ring substituents is 1. The van der Waals surface area contributed by atoms with Gasteiger partial charge in [0.1, 0.15) is 11.3 Å². The largest absolute Gasteiger partial charge is 0.356 e. The number of amides is 2. The van der Waals surface area contributed by atoms with Crippen LogP contribution < -0.4 is 21.7 Å². The van der Waals surface area contributed by atoms with E-state index in [4.69, 9.17) is 11.6 Å². The van der Waals surface area contributed by atoms with Gasteiger partial charge in [-0.25, -0.2) is 9.97 Å². The number of anilines is 2. The maximum Gasteiger partial charge on any atom is 0.356 e. The van der Waals surface area contributed by atoms with Crippen molar-refractivity contribution < 1.29 is 19.4 Å². The lowest BCUT2D eigenvalue weighted by atomic mass is 10.2. The Balaban J connectivity index is 1.75. The van der Waals surface area contributed by atoms with Gasteiger partial charge >= 0.3 is 5.69 Å². The number of hydrazine groups is 2. The van der Waals surface area contributed by atoms with Crippen molar-refractivity contribution in [3.8, 4) is 0 Å². The van der Waals surface area contributed by atoms with Crippen molar-refractivity contribution in [1.29, 1.82) is 0 Å². The molecular weight excluding hydrogens is 462 g/mol. The van der Waals surface area contributed by atoms with Gasteiger partial charge in [-0.2, -0.15) is 0 Å². The van der Waals surface area contributed by atoms with Crippen LogP contribution in [0.25, 0.3) is 0 Å². The smallest absolute Gasteiger partial charge is 0.276 e. The molecule has 0 spiro atoms. The fourth-order valence-electron chi connectivity index (χ4n) is 2.41. The molecule has 0 saturated heterocycles. The third-order valence-electron chi connectivity index (χ3n) is 3.94. The van der Waals surface area contributed by atoms with E-state index in [1.165, 1.54) is 30.6 Å². The fraction of sp³-hybridized carbons (Fsp3) is 0. The molecule has 2 heterocycles. The van der Waals surface area contributed by atoms with E-state index in [1.807, 2.05) is 0 Å². The summed E-state index contributed by atoms with van der Waals surface area (Å²) in [6.07, 6.45) is 3.72. The van der Waals surface area contributed by atoms with E-state index in [9.17, 15) is 29.8 Å². The molecule has 0 aliphatic rings. The second-order valence-corrected chi connectivity index (χ2v) is 6.40. The van der Waals surface area contributed by atoms with E-state index >= 15 is 0 Å². The number of pyridine rings is 1. The number of hydrogen-bond acceptors (Lipinski definition) is 11. The van der Waals surface area contributed by atoms with Crippen LogP contribution in [0.5, 0.6) is 0 Å². The Morgan fingerprint density at radius 3 is 1.97 bits per heavy atom. The Labute approximate surface area is 188 Å². The highest BCUT2D eigenvalue weighted by Crippen LogP contribution is 2.28. The Kier molecular flexibility index (Phi) is 6.84. The Bertz CT molecular complexity index is 1240. The first-order chi connectivity index (χ1) is 15.8.